The third-order valence-electron chi connectivity index (χ3n) is 4.44. The van der Waals surface area contributed by atoms with E-state index in [0.717, 1.165) is 31.9 Å². The van der Waals surface area contributed by atoms with Gasteiger partial charge in [-0.05, 0) is 44.7 Å². The molecular weight excluding hydrogens is 241 g/mol. The fraction of sp³-hybridized carbons (Fsp3) is 0.533. The summed E-state index contributed by atoms with van der Waals surface area (Å²) in [5.74, 6) is -0.250. The number of rotatable bonds is 2. The van der Waals surface area contributed by atoms with Crippen molar-refractivity contribution in [3.63, 3.8) is 0 Å². The van der Waals surface area contributed by atoms with Crippen LogP contribution in [0.3, 0.4) is 0 Å². The van der Waals surface area contributed by atoms with Crippen LogP contribution in [-0.4, -0.2) is 32.9 Å². The Morgan fingerprint density at radius 3 is 3.00 bits per heavy atom. The fourth-order valence-corrected chi connectivity index (χ4v) is 3.45. The number of hydrogen-bond acceptors (Lipinski definition) is 3. The van der Waals surface area contributed by atoms with Crippen molar-refractivity contribution in [3.05, 3.63) is 24.0 Å². The van der Waals surface area contributed by atoms with Crippen molar-refractivity contribution < 1.29 is 4.39 Å². The molecule has 1 unspecified atom stereocenters. The Kier molecular flexibility index (Phi) is 3.27. The molecular formula is C15H20FN3. The van der Waals surface area contributed by atoms with Gasteiger partial charge in [-0.15, -0.1) is 0 Å². The van der Waals surface area contributed by atoms with Crippen LogP contribution in [0.2, 0.25) is 0 Å². The maximum atomic E-state index is 13.3. The van der Waals surface area contributed by atoms with E-state index in [4.69, 9.17) is 0 Å². The number of halogens is 1. The molecule has 19 heavy (non-hydrogen) atoms. The van der Waals surface area contributed by atoms with E-state index in [1.54, 1.807) is 0 Å². The third kappa shape index (κ3) is 2.37. The molecule has 2 aliphatic rings. The number of anilines is 1. The number of aliphatic imine (C=N–C) groups is 1. The van der Waals surface area contributed by atoms with Crippen LogP contribution in [0, 0.1) is 11.2 Å². The molecule has 3 rings (SSSR count). The van der Waals surface area contributed by atoms with Gasteiger partial charge in [-0.2, -0.15) is 0 Å². The highest BCUT2D eigenvalue weighted by Crippen LogP contribution is 2.39. The Bertz CT molecular complexity index is 480. The van der Waals surface area contributed by atoms with Crippen LogP contribution in [0.5, 0.6) is 0 Å². The van der Waals surface area contributed by atoms with Crippen molar-refractivity contribution >= 4 is 18.1 Å². The van der Waals surface area contributed by atoms with E-state index in [1.165, 1.54) is 31.4 Å². The second-order valence-electron chi connectivity index (χ2n) is 5.74. The molecule has 1 N–H and O–H groups in total. The Balaban J connectivity index is 1.87. The average molecular weight is 261 g/mol. The maximum absolute atomic E-state index is 13.3. The topological polar surface area (TPSA) is 27.6 Å². The zero-order chi connectivity index (χ0) is 13.3. The van der Waals surface area contributed by atoms with Gasteiger partial charge in [0.05, 0.1) is 11.4 Å². The van der Waals surface area contributed by atoms with Crippen LogP contribution in [0.1, 0.15) is 19.3 Å². The lowest BCUT2D eigenvalue weighted by Gasteiger charge is -2.41. The molecule has 0 aliphatic carbocycles. The predicted octanol–water partition coefficient (Wildman–Crippen LogP) is 2.74. The molecule has 0 bridgehead atoms. The Labute approximate surface area is 113 Å². The van der Waals surface area contributed by atoms with Gasteiger partial charge in [0, 0.05) is 31.1 Å². The van der Waals surface area contributed by atoms with Gasteiger partial charge >= 0.3 is 0 Å². The zero-order valence-electron chi connectivity index (χ0n) is 11.2. The quantitative estimate of drug-likeness (QED) is 0.829. The molecule has 2 heterocycles. The smallest absolute Gasteiger partial charge is 0.125 e. The van der Waals surface area contributed by atoms with E-state index in [2.05, 4.69) is 21.9 Å². The fourth-order valence-electron chi connectivity index (χ4n) is 3.45. The number of piperidine rings is 1. The first-order valence-corrected chi connectivity index (χ1v) is 6.94. The summed E-state index contributed by atoms with van der Waals surface area (Å²) in [4.78, 5) is 6.32. The summed E-state index contributed by atoms with van der Waals surface area (Å²) < 4.78 is 13.3. The second-order valence-corrected chi connectivity index (χ2v) is 5.74. The van der Waals surface area contributed by atoms with Crippen LogP contribution < -0.4 is 10.2 Å². The van der Waals surface area contributed by atoms with Crippen molar-refractivity contribution in [1.29, 1.82) is 0 Å². The molecule has 1 atom stereocenters. The van der Waals surface area contributed by atoms with Gasteiger partial charge in [0.15, 0.2) is 0 Å². The molecule has 1 aromatic rings. The first-order chi connectivity index (χ1) is 9.22. The first kappa shape index (κ1) is 12.6. The highest BCUT2D eigenvalue weighted by atomic mass is 19.1. The maximum Gasteiger partial charge on any atom is 0.125 e. The second kappa shape index (κ2) is 4.93. The Morgan fingerprint density at radius 2 is 2.26 bits per heavy atom. The van der Waals surface area contributed by atoms with Gasteiger partial charge in [-0.1, -0.05) is 0 Å². The summed E-state index contributed by atoms with van der Waals surface area (Å²) in [6.45, 7) is 7.83. The van der Waals surface area contributed by atoms with Crippen molar-refractivity contribution in [2.45, 2.75) is 19.3 Å². The van der Waals surface area contributed by atoms with E-state index < -0.39 is 0 Å². The molecule has 1 spiro atoms. The van der Waals surface area contributed by atoms with E-state index in [-0.39, 0.29) is 5.82 Å². The third-order valence-corrected chi connectivity index (χ3v) is 4.44. The first-order valence-electron chi connectivity index (χ1n) is 6.94. The molecule has 2 saturated heterocycles. The van der Waals surface area contributed by atoms with Crippen LogP contribution in [0.25, 0.3) is 0 Å². The van der Waals surface area contributed by atoms with E-state index >= 15 is 0 Å². The van der Waals surface area contributed by atoms with Crippen molar-refractivity contribution in [1.82, 2.24) is 5.32 Å². The SMILES string of the molecule is C=Nc1cc(F)ccc1N1CCCC2(CCNC2)C1. The molecule has 4 heteroatoms. The van der Waals surface area contributed by atoms with Crippen LogP contribution in [-0.2, 0) is 0 Å². The van der Waals surface area contributed by atoms with Gasteiger partial charge in [0.2, 0.25) is 0 Å². The summed E-state index contributed by atoms with van der Waals surface area (Å²) in [5.41, 5.74) is 2.07. The van der Waals surface area contributed by atoms with Gasteiger partial charge in [0.1, 0.15) is 5.82 Å². The van der Waals surface area contributed by atoms with E-state index in [0.29, 0.717) is 11.1 Å². The molecule has 0 saturated carbocycles. The van der Waals surface area contributed by atoms with Gasteiger partial charge in [0.25, 0.3) is 0 Å². The highest BCUT2D eigenvalue weighted by Gasteiger charge is 2.38. The zero-order valence-corrected chi connectivity index (χ0v) is 11.2. The van der Waals surface area contributed by atoms with Crippen LogP contribution >= 0.6 is 0 Å². The lowest BCUT2D eigenvalue weighted by Crippen LogP contribution is -2.44. The number of nitrogens with one attached hydrogen (secondary N) is 1. The average Bonchev–Trinajstić information content (AvgIpc) is 2.86. The van der Waals surface area contributed by atoms with E-state index in [1.807, 2.05) is 6.07 Å². The largest absolute Gasteiger partial charge is 0.369 e. The van der Waals surface area contributed by atoms with Gasteiger partial charge in [-0.3, -0.25) is 4.99 Å². The van der Waals surface area contributed by atoms with Crippen molar-refractivity contribution in [2.75, 3.05) is 31.1 Å². The predicted molar refractivity (Wildman–Crippen MR) is 77.0 cm³/mol. The molecule has 3 nitrogen and oxygen atoms in total. The number of hydrogen-bond donors (Lipinski definition) is 1. The molecule has 0 aromatic heterocycles. The molecule has 1 aromatic carbocycles. The Morgan fingerprint density at radius 1 is 1.37 bits per heavy atom. The minimum atomic E-state index is -0.250. The number of nitrogens with zero attached hydrogens (tertiary/aromatic N) is 2. The minimum Gasteiger partial charge on any atom is -0.369 e. The lowest BCUT2D eigenvalue weighted by molar-refractivity contribution is 0.261. The summed E-state index contributed by atoms with van der Waals surface area (Å²) in [6.07, 6.45) is 3.71. The molecule has 102 valence electrons. The lowest BCUT2D eigenvalue weighted by atomic mass is 9.79. The van der Waals surface area contributed by atoms with Gasteiger partial charge < -0.3 is 10.2 Å². The monoisotopic (exact) mass is 261 g/mol. The summed E-state index contributed by atoms with van der Waals surface area (Å²) in [6, 6.07) is 4.81. The molecule has 2 fully saturated rings. The molecule has 2 aliphatic heterocycles. The molecule has 0 radical (unpaired) electrons. The standard InChI is InChI=1S/C15H20FN3/c1-17-13-9-12(16)3-4-14(13)19-8-2-5-15(11-19)6-7-18-10-15/h3-4,9,18H,1-2,5-8,10-11H2. The normalized spacial score (nSPS) is 26.9. The summed E-state index contributed by atoms with van der Waals surface area (Å²) in [5, 5.41) is 3.47. The molecule has 0 amide bonds. The van der Waals surface area contributed by atoms with Crippen molar-refractivity contribution in [3.8, 4) is 0 Å². The summed E-state index contributed by atoms with van der Waals surface area (Å²) >= 11 is 0. The summed E-state index contributed by atoms with van der Waals surface area (Å²) in [7, 11) is 0. The number of benzene rings is 1. The van der Waals surface area contributed by atoms with Crippen LogP contribution in [0.15, 0.2) is 23.2 Å². The minimum absolute atomic E-state index is 0.250. The Hall–Kier alpha value is -1.42. The van der Waals surface area contributed by atoms with Gasteiger partial charge in [-0.25, -0.2) is 4.39 Å². The van der Waals surface area contributed by atoms with Crippen molar-refractivity contribution in [2.24, 2.45) is 10.4 Å². The highest BCUT2D eigenvalue weighted by molar-refractivity contribution is 5.69. The van der Waals surface area contributed by atoms with Crippen LogP contribution in [0.4, 0.5) is 15.8 Å². The van der Waals surface area contributed by atoms with E-state index in [9.17, 15) is 4.39 Å².